The number of rotatable bonds is 4. The fourth-order valence-electron chi connectivity index (χ4n) is 2.01. The van der Waals surface area contributed by atoms with Crippen molar-refractivity contribution in [2.45, 2.75) is 13.0 Å². The molecule has 8 heteroatoms. The van der Waals surface area contributed by atoms with Gasteiger partial charge in [0.05, 0.1) is 22.7 Å². The Morgan fingerprint density at radius 2 is 2.04 bits per heavy atom. The molecule has 0 aliphatic carbocycles. The number of amides is 2. The average molecular weight is 447 g/mol. The quantitative estimate of drug-likeness (QED) is 0.402. The van der Waals surface area contributed by atoms with Gasteiger partial charge in [-0.3, -0.25) is 14.5 Å². The van der Waals surface area contributed by atoms with Crippen LogP contribution in [0.1, 0.15) is 12.5 Å². The molecule has 122 valence electrons. The van der Waals surface area contributed by atoms with E-state index in [0.717, 1.165) is 31.5 Å². The van der Waals surface area contributed by atoms with Gasteiger partial charge >= 0.3 is 5.97 Å². The zero-order valence-electron chi connectivity index (χ0n) is 12.7. The monoisotopic (exact) mass is 447 g/mol. The zero-order valence-corrected chi connectivity index (χ0v) is 15.6. The fourth-order valence-corrected chi connectivity index (χ4v) is 3.68. The van der Waals surface area contributed by atoms with E-state index in [1.807, 2.05) is 6.07 Å². The van der Waals surface area contributed by atoms with Gasteiger partial charge in [-0.2, -0.15) is 0 Å². The SMILES string of the molecule is COC(=O)[C@H](C)N1C(=O)S/C(=C/c2ccc(OC)c(I)c2)C1=O. The molecule has 2 rings (SSSR count). The zero-order chi connectivity index (χ0) is 17.1. The number of hydrogen-bond donors (Lipinski definition) is 0. The molecule has 0 radical (unpaired) electrons. The number of imide groups is 1. The summed E-state index contributed by atoms with van der Waals surface area (Å²) < 4.78 is 10.7. The number of carbonyl (C=O) groups excluding carboxylic acids is 3. The van der Waals surface area contributed by atoms with Gasteiger partial charge in [-0.15, -0.1) is 0 Å². The molecule has 1 atom stereocenters. The first-order valence-electron chi connectivity index (χ1n) is 6.57. The molecular weight excluding hydrogens is 433 g/mol. The Morgan fingerprint density at radius 3 is 2.61 bits per heavy atom. The van der Waals surface area contributed by atoms with Gasteiger partial charge < -0.3 is 9.47 Å². The Bertz CT molecular complexity index is 703. The van der Waals surface area contributed by atoms with E-state index in [1.165, 1.54) is 14.0 Å². The molecule has 6 nitrogen and oxygen atoms in total. The van der Waals surface area contributed by atoms with Gasteiger partial charge in [0.25, 0.3) is 11.1 Å². The number of methoxy groups -OCH3 is 2. The summed E-state index contributed by atoms with van der Waals surface area (Å²) in [7, 11) is 2.80. The van der Waals surface area contributed by atoms with Crippen LogP contribution in [0.15, 0.2) is 23.1 Å². The highest BCUT2D eigenvalue weighted by atomic mass is 127. The van der Waals surface area contributed by atoms with Crippen LogP contribution in [0.5, 0.6) is 5.75 Å². The third-order valence-electron chi connectivity index (χ3n) is 3.23. The minimum atomic E-state index is -0.950. The Labute approximate surface area is 151 Å². The lowest BCUT2D eigenvalue weighted by Crippen LogP contribution is -2.42. The van der Waals surface area contributed by atoms with Gasteiger partial charge in [0.15, 0.2) is 0 Å². The minimum Gasteiger partial charge on any atom is -0.496 e. The lowest BCUT2D eigenvalue weighted by Gasteiger charge is -2.18. The summed E-state index contributed by atoms with van der Waals surface area (Å²) >= 11 is 2.93. The summed E-state index contributed by atoms with van der Waals surface area (Å²) in [6, 6.07) is 4.47. The lowest BCUT2D eigenvalue weighted by molar-refractivity contribution is -0.148. The molecule has 1 aliphatic heterocycles. The Kier molecular flexibility index (Phi) is 5.69. The molecule has 0 unspecified atom stereocenters. The highest BCUT2D eigenvalue weighted by Gasteiger charge is 2.41. The van der Waals surface area contributed by atoms with E-state index >= 15 is 0 Å². The number of hydrogen-bond acceptors (Lipinski definition) is 6. The van der Waals surface area contributed by atoms with Crippen molar-refractivity contribution in [2.24, 2.45) is 0 Å². The van der Waals surface area contributed by atoms with Crippen LogP contribution in [0.2, 0.25) is 0 Å². The number of halogens is 1. The van der Waals surface area contributed by atoms with Gasteiger partial charge in [0, 0.05) is 0 Å². The second-order valence-electron chi connectivity index (χ2n) is 4.64. The molecule has 2 amide bonds. The molecule has 1 aliphatic rings. The van der Waals surface area contributed by atoms with Crippen molar-refractivity contribution < 1.29 is 23.9 Å². The van der Waals surface area contributed by atoms with Crippen molar-refractivity contribution in [1.29, 1.82) is 0 Å². The number of nitrogens with zero attached hydrogens (tertiary/aromatic N) is 1. The Morgan fingerprint density at radius 1 is 1.35 bits per heavy atom. The third-order valence-corrected chi connectivity index (χ3v) is 4.95. The fraction of sp³-hybridized carbons (Fsp3) is 0.267. The van der Waals surface area contributed by atoms with Crippen molar-refractivity contribution >= 4 is 57.5 Å². The van der Waals surface area contributed by atoms with Crippen molar-refractivity contribution in [2.75, 3.05) is 14.2 Å². The maximum atomic E-state index is 12.4. The van der Waals surface area contributed by atoms with E-state index in [4.69, 9.17) is 4.74 Å². The topological polar surface area (TPSA) is 72.9 Å². The molecule has 0 N–H and O–H groups in total. The molecule has 1 fully saturated rings. The van der Waals surface area contributed by atoms with E-state index in [9.17, 15) is 14.4 Å². The molecule has 1 heterocycles. The van der Waals surface area contributed by atoms with Crippen LogP contribution >= 0.6 is 34.4 Å². The molecule has 1 aromatic carbocycles. The van der Waals surface area contributed by atoms with Gasteiger partial charge in [0.2, 0.25) is 0 Å². The van der Waals surface area contributed by atoms with Crippen LogP contribution in [0, 0.1) is 3.57 Å². The van der Waals surface area contributed by atoms with Crippen molar-refractivity contribution in [3.05, 3.63) is 32.2 Å². The van der Waals surface area contributed by atoms with Crippen LogP contribution in [-0.2, 0) is 14.3 Å². The van der Waals surface area contributed by atoms with E-state index < -0.39 is 23.2 Å². The van der Waals surface area contributed by atoms with Crippen molar-refractivity contribution in [1.82, 2.24) is 4.90 Å². The molecule has 0 saturated carbocycles. The van der Waals surface area contributed by atoms with Gasteiger partial charge in [-0.05, 0) is 65.0 Å². The average Bonchev–Trinajstić information content (AvgIpc) is 2.80. The molecular formula is C15H14INO5S. The lowest BCUT2D eigenvalue weighted by atomic mass is 10.2. The van der Waals surface area contributed by atoms with Gasteiger partial charge in [0.1, 0.15) is 11.8 Å². The first-order valence-corrected chi connectivity index (χ1v) is 8.47. The largest absolute Gasteiger partial charge is 0.496 e. The summed E-state index contributed by atoms with van der Waals surface area (Å²) in [5.41, 5.74) is 0.770. The molecule has 0 aromatic heterocycles. The minimum absolute atomic E-state index is 0.270. The first kappa shape index (κ1) is 17.8. The standard InChI is InChI=1S/C15H14INO5S/c1-8(14(19)22-3)17-13(18)12(23-15(17)20)7-9-4-5-11(21-2)10(16)6-9/h4-8H,1-3H3/b12-7+/t8-/m0/s1. The van der Waals surface area contributed by atoms with Crippen molar-refractivity contribution in [3.8, 4) is 5.75 Å². The molecule has 1 saturated heterocycles. The maximum Gasteiger partial charge on any atom is 0.328 e. The Hall–Kier alpha value is -1.55. The first-order chi connectivity index (χ1) is 10.9. The number of ether oxygens (including phenoxy) is 2. The van der Waals surface area contributed by atoms with Crippen LogP contribution < -0.4 is 4.74 Å². The number of benzene rings is 1. The highest BCUT2D eigenvalue weighted by Crippen LogP contribution is 2.34. The summed E-state index contributed by atoms with van der Waals surface area (Å²) in [6.07, 6.45) is 1.62. The summed E-state index contributed by atoms with van der Waals surface area (Å²) in [6.45, 7) is 1.46. The summed E-state index contributed by atoms with van der Waals surface area (Å²) in [5, 5.41) is -0.484. The predicted molar refractivity (Wildman–Crippen MR) is 95.0 cm³/mol. The summed E-state index contributed by atoms with van der Waals surface area (Å²) in [5.74, 6) is -0.397. The smallest absolute Gasteiger partial charge is 0.328 e. The molecule has 23 heavy (non-hydrogen) atoms. The second-order valence-corrected chi connectivity index (χ2v) is 6.80. The normalized spacial score (nSPS) is 17.6. The van der Waals surface area contributed by atoms with E-state index in [2.05, 4.69) is 27.3 Å². The van der Waals surface area contributed by atoms with E-state index in [-0.39, 0.29) is 4.91 Å². The number of thioether (sulfide) groups is 1. The maximum absolute atomic E-state index is 12.4. The molecule has 0 bridgehead atoms. The third kappa shape index (κ3) is 3.69. The molecule has 0 spiro atoms. The van der Waals surface area contributed by atoms with Crippen LogP contribution in [0.25, 0.3) is 6.08 Å². The van der Waals surface area contributed by atoms with Gasteiger partial charge in [-0.25, -0.2) is 4.79 Å². The van der Waals surface area contributed by atoms with E-state index in [1.54, 1.807) is 25.3 Å². The van der Waals surface area contributed by atoms with Crippen LogP contribution in [0.3, 0.4) is 0 Å². The van der Waals surface area contributed by atoms with Gasteiger partial charge in [-0.1, -0.05) is 6.07 Å². The van der Waals surface area contributed by atoms with Crippen LogP contribution in [0.4, 0.5) is 4.79 Å². The van der Waals surface area contributed by atoms with Crippen molar-refractivity contribution in [3.63, 3.8) is 0 Å². The van der Waals surface area contributed by atoms with E-state index in [0.29, 0.717) is 0 Å². The Balaban J connectivity index is 2.28. The molecule has 1 aromatic rings. The number of carbonyl (C=O) groups is 3. The number of esters is 1. The summed E-state index contributed by atoms with van der Waals surface area (Å²) in [4.78, 5) is 37.1. The highest BCUT2D eigenvalue weighted by molar-refractivity contribution is 14.1. The van der Waals surface area contributed by atoms with Crippen LogP contribution in [-0.4, -0.2) is 42.3 Å². The predicted octanol–water partition coefficient (Wildman–Crippen LogP) is 2.90. The second kappa shape index (κ2) is 7.35.